The highest BCUT2D eigenvalue weighted by molar-refractivity contribution is 6.33. The maximum atomic E-state index is 14.0. The van der Waals surface area contributed by atoms with E-state index in [-0.39, 0.29) is 11.9 Å². The van der Waals surface area contributed by atoms with Crippen LogP contribution in [0.4, 0.5) is 10.3 Å². The Morgan fingerprint density at radius 1 is 1.06 bits per heavy atom. The largest absolute Gasteiger partial charge is 0.350 e. The van der Waals surface area contributed by atoms with E-state index in [0.717, 1.165) is 43.0 Å². The number of piperidine rings is 1. The van der Waals surface area contributed by atoms with Gasteiger partial charge >= 0.3 is 0 Å². The van der Waals surface area contributed by atoms with Crippen LogP contribution in [-0.2, 0) is 6.54 Å². The summed E-state index contributed by atoms with van der Waals surface area (Å²) in [6, 6.07) is 14.7. The van der Waals surface area contributed by atoms with Crippen molar-refractivity contribution in [2.24, 2.45) is 0 Å². The van der Waals surface area contributed by atoms with E-state index in [1.165, 1.54) is 6.07 Å². The molecule has 3 heterocycles. The second kappa shape index (κ2) is 8.61. The number of aromatic nitrogens is 4. The highest BCUT2D eigenvalue weighted by atomic mass is 35.5. The molecule has 158 valence electrons. The summed E-state index contributed by atoms with van der Waals surface area (Å²) in [7, 11) is 0. The van der Waals surface area contributed by atoms with Crippen LogP contribution in [0.3, 0.4) is 0 Å². The van der Waals surface area contributed by atoms with Crippen molar-refractivity contribution >= 4 is 28.7 Å². The minimum absolute atomic E-state index is 0.253. The molecule has 1 aliphatic rings. The van der Waals surface area contributed by atoms with Crippen LogP contribution < -0.4 is 10.6 Å². The Labute approximate surface area is 184 Å². The van der Waals surface area contributed by atoms with Gasteiger partial charge in [0.1, 0.15) is 17.2 Å². The summed E-state index contributed by atoms with van der Waals surface area (Å²) in [5, 5.41) is 7.20. The molecule has 2 aromatic heterocycles. The Bertz CT molecular complexity index is 1220. The Morgan fingerprint density at radius 2 is 1.84 bits per heavy atom. The van der Waals surface area contributed by atoms with Crippen LogP contribution in [0.15, 0.2) is 54.7 Å². The van der Waals surface area contributed by atoms with Gasteiger partial charge in [-0.15, -0.1) is 0 Å². The number of fused-ring (bicyclic) bond motifs is 1. The van der Waals surface area contributed by atoms with Crippen molar-refractivity contribution in [3.63, 3.8) is 0 Å². The van der Waals surface area contributed by atoms with Gasteiger partial charge in [0.05, 0.1) is 11.2 Å². The SMILES string of the molecule is Fc1ccccc1CNc1ncc2nc(-c3ccccc3Cl)n(C3CCNCC3)c2n1. The van der Waals surface area contributed by atoms with E-state index in [4.69, 9.17) is 21.6 Å². The quantitative estimate of drug-likeness (QED) is 0.469. The molecule has 6 nitrogen and oxygen atoms in total. The molecule has 1 aliphatic heterocycles. The fourth-order valence-corrected chi connectivity index (χ4v) is 4.26. The molecule has 1 fully saturated rings. The summed E-state index contributed by atoms with van der Waals surface area (Å²) in [5.41, 5.74) is 2.91. The second-order valence-electron chi connectivity index (χ2n) is 7.61. The predicted molar refractivity (Wildman–Crippen MR) is 121 cm³/mol. The number of nitrogens with zero attached hydrogens (tertiary/aromatic N) is 4. The van der Waals surface area contributed by atoms with E-state index in [0.29, 0.717) is 28.6 Å². The fourth-order valence-electron chi connectivity index (χ4n) is 4.04. The monoisotopic (exact) mass is 436 g/mol. The molecule has 2 aromatic carbocycles. The molecule has 0 aliphatic carbocycles. The molecular formula is C23H22ClFN6. The summed E-state index contributed by atoms with van der Waals surface area (Å²) in [4.78, 5) is 14.0. The fraction of sp³-hybridized carbons (Fsp3) is 0.261. The predicted octanol–water partition coefficient (Wildman–Crippen LogP) is 4.82. The van der Waals surface area contributed by atoms with E-state index < -0.39 is 0 Å². The van der Waals surface area contributed by atoms with E-state index in [2.05, 4.69) is 20.2 Å². The molecule has 0 saturated carbocycles. The van der Waals surface area contributed by atoms with Crippen LogP contribution in [-0.4, -0.2) is 32.6 Å². The van der Waals surface area contributed by atoms with E-state index >= 15 is 0 Å². The molecule has 2 N–H and O–H groups in total. The third-order valence-corrected chi connectivity index (χ3v) is 5.95. The molecule has 5 rings (SSSR count). The van der Waals surface area contributed by atoms with Crippen molar-refractivity contribution in [2.45, 2.75) is 25.4 Å². The van der Waals surface area contributed by atoms with Crippen LogP contribution >= 0.6 is 11.6 Å². The van der Waals surface area contributed by atoms with Crippen LogP contribution in [0.25, 0.3) is 22.6 Å². The number of hydrogen-bond donors (Lipinski definition) is 2. The van der Waals surface area contributed by atoms with Crippen molar-refractivity contribution in [2.75, 3.05) is 18.4 Å². The Kier molecular flexibility index (Phi) is 5.53. The molecule has 0 amide bonds. The highest BCUT2D eigenvalue weighted by Crippen LogP contribution is 2.34. The zero-order chi connectivity index (χ0) is 21.2. The maximum absolute atomic E-state index is 14.0. The van der Waals surface area contributed by atoms with Gasteiger partial charge in [0, 0.05) is 23.7 Å². The van der Waals surface area contributed by atoms with Gasteiger partial charge in [0.25, 0.3) is 0 Å². The van der Waals surface area contributed by atoms with Crippen LogP contribution in [0.5, 0.6) is 0 Å². The third kappa shape index (κ3) is 3.98. The second-order valence-corrected chi connectivity index (χ2v) is 8.02. The van der Waals surface area contributed by atoms with Crippen LogP contribution in [0, 0.1) is 5.82 Å². The smallest absolute Gasteiger partial charge is 0.225 e. The van der Waals surface area contributed by atoms with E-state index in [1.807, 2.05) is 30.3 Å². The number of imidazole rings is 1. The van der Waals surface area contributed by atoms with Crippen molar-refractivity contribution < 1.29 is 4.39 Å². The maximum Gasteiger partial charge on any atom is 0.225 e. The number of nitrogens with one attached hydrogen (secondary N) is 2. The van der Waals surface area contributed by atoms with Gasteiger partial charge in [-0.1, -0.05) is 41.9 Å². The number of benzene rings is 2. The average molecular weight is 437 g/mol. The Balaban J connectivity index is 1.56. The van der Waals surface area contributed by atoms with Crippen molar-refractivity contribution in [1.29, 1.82) is 0 Å². The first-order chi connectivity index (χ1) is 15.2. The van der Waals surface area contributed by atoms with Crippen LogP contribution in [0.1, 0.15) is 24.4 Å². The zero-order valence-corrected chi connectivity index (χ0v) is 17.6. The van der Waals surface area contributed by atoms with E-state index in [9.17, 15) is 4.39 Å². The topological polar surface area (TPSA) is 67.7 Å². The van der Waals surface area contributed by atoms with E-state index in [1.54, 1.807) is 18.3 Å². The summed E-state index contributed by atoms with van der Waals surface area (Å²) < 4.78 is 16.2. The molecule has 0 bridgehead atoms. The number of anilines is 1. The van der Waals surface area contributed by atoms with Gasteiger partial charge in [-0.25, -0.2) is 14.4 Å². The summed E-state index contributed by atoms with van der Waals surface area (Å²) >= 11 is 6.51. The number of rotatable bonds is 5. The minimum atomic E-state index is -0.253. The van der Waals surface area contributed by atoms with Gasteiger partial charge < -0.3 is 15.2 Å². The average Bonchev–Trinajstić information content (AvgIpc) is 3.18. The van der Waals surface area contributed by atoms with Crippen molar-refractivity contribution in [3.8, 4) is 11.4 Å². The third-order valence-electron chi connectivity index (χ3n) is 5.62. The van der Waals surface area contributed by atoms with Gasteiger partial charge in [-0.05, 0) is 44.1 Å². The molecule has 0 radical (unpaired) electrons. The van der Waals surface area contributed by atoms with Crippen LogP contribution in [0.2, 0.25) is 5.02 Å². The zero-order valence-electron chi connectivity index (χ0n) is 16.9. The van der Waals surface area contributed by atoms with Gasteiger partial charge in [0.2, 0.25) is 5.95 Å². The first-order valence-corrected chi connectivity index (χ1v) is 10.8. The number of hydrogen-bond acceptors (Lipinski definition) is 5. The molecule has 0 spiro atoms. The molecule has 0 atom stereocenters. The first-order valence-electron chi connectivity index (χ1n) is 10.4. The lowest BCUT2D eigenvalue weighted by atomic mass is 10.1. The van der Waals surface area contributed by atoms with Gasteiger partial charge in [0.15, 0.2) is 5.65 Å². The summed E-state index contributed by atoms with van der Waals surface area (Å²) in [6.07, 6.45) is 3.67. The lowest BCUT2D eigenvalue weighted by Crippen LogP contribution is -2.29. The summed E-state index contributed by atoms with van der Waals surface area (Å²) in [5.74, 6) is 0.987. The Hall–Kier alpha value is -3.03. The highest BCUT2D eigenvalue weighted by Gasteiger charge is 2.24. The molecule has 8 heteroatoms. The number of halogens is 2. The van der Waals surface area contributed by atoms with Crippen molar-refractivity contribution in [3.05, 3.63) is 71.1 Å². The molecule has 1 saturated heterocycles. The molecule has 4 aromatic rings. The van der Waals surface area contributed by atoms with Gasteiger partial charge in [-0.2, -0.15) is 4.98 Å². The van der Waals surface area contributed by atoms with Gasteiger partial charge in [-0.3, -0.25) is 0 Å². The first kappa shape index (κ1) is 19.9. The lowest BCUT2D eigenvalue weighted by molar-refractivity contribution is 0.376. The summed E-state index contributed by atoms with van der Waals surface area (Å²) in [6.45, 7) is 2.18. The molecular weight excluding hydrogens is 415 g/mol. The molecule has 31 heavy (non-hydrogen) atoms. The minimum Gasteiger partial charge on any atom is -0.350 e. The van der Waals surface area contributed by atoms with Crippen molar-refractivity contribution in [1.82, 2.24) is 24.8 Å². The Morgan fingerprint density at radius 3 is 2.65 bits per heavy atom. The normalized spacial score (nSPS) is 14.8. The lowest BCUT2D eigenvalue weighted by Gasteiger charge is -2.26. The molecule has 0 unspecified atom stereocenters. The standard InChI is InChI=1S/C23H22ClFN6/c24-18-7-3-2-6-17(18)21-29-20-14-28-23(27-13-15-5-1-4-8-19(15)25)30-22(20)31(21)16-9-11-26-12-10-16/h1-8,14,16,26H,9-13H2,(H,27,28,30).